The first-order chi connectivity index (χ1) is 9.78. The number of carbonyl (C=O) groups excluding carboxylic acids is 1. The molecule has 2 aromatic rings. The molecule has 0 spiro atoms. The molecule has 5 nitrogen and oxygen atoms in total. The van der Waals surface area contributed by atoms with Crippen LogP contribution in [0, 0.1) is 11.3 Å². The van der Waals surface area contributed by atoms with Crippen LogP contribution < -0.4 is 14.8 Å². The minimum absolute atomic E-state index is 0.115. The van der Waals surface area contributed by atoms with E-state index in [9.17, 15) is 4.79 Å². The number of amides is 1. The van der Waals surface area contributed by atoms with E-state index in [4.69, 9.17) is 14.7 Å². The van der Waals surface area contributed by atoms with E-state index < -0.39 is 0 Å². The summed E-state index contributed by atoms with van der Waals surface area (Å²) in [6.45, 7) is 0.115. The summed E-state index contributed by atoms with van der Waals surface area (Å²) >= 11 is 0. The Morgan fingerprint density at radius 3 is 2.90 bits per heavy atom. The lowest BCUT2D eigenvalue weighted by Gasteiger charge is -2.07. The van der Waals surface area contributed by atoms with E-state index >= 15 is 0 Å². The number of rotatable bonds is 2. The summed E-state index contributed by atoms with van der Waals surface area (Å²) in [6.07, 6.45) is 0. The Balaban J connectivity index is 1.87. The fourth-order valence-corrected chi connectivity index (χ4v) is 1.97. The van der Waals surface area contributed by atoms with Crippen molar-refractivity contribution in [1.82, 2.24) is 0 Å². The van der Waals surface area contributed by atoms with Crippen LogP contribution in [0.3, 0.4) is 0 Å². The van der Waals surface area contributed by atoms with Crippen LogP contribution in [0.25, 0.3) is 0 Å². The molecule has 2 aromatic carbocycles. The van der Waals surface area contributed by atoms with Gasteiger partial charge in [-0.3, -0.25) is 4.79 Å². The molecule has 98 valence electrons. The van der Waals surface area contributed by atoms with Gasteiger partial charge in [0.15, 0.2) is 11.5 Å². The van der Waals surface area contributed by atoms with Gasteiger partial charge in [-0.1, -0.05) is 12.1 Å². The van der Waals surface area contributed by atoms with Gasteiger partial charge in [0.1, 0.15) is 0 Å². The lowest BCUT2D eigenvalue weighted by molar-refractivity contribution is 0.102. The van der Waals surface area contributed by atoms with Crippen molar-refractivity contribution in [3.8, 4) is 17.6 Å². The molecule has 1 aliphatic heterocycles. The van der Waals surface area contributed by atoms with Crippen molar-refractivity contribution in [2.75, 3.05) is 12.1 Å². The molecule has 20 heavy (non-hydrogen) atoms. The highest BCUT2D eigenvalue weighted by Gasteiger charge is 2.21. The first-order valence-electron chi connectivity index (χ1n) is 5.98. The highest BCUT2D eigenvalue weighted by molar-refractivity contribution is 6.06. The molecule has 0 atom stereocenters. The van der Waals surface area contributed by atoms with Crippen molar-refractivity contribution in [2.24, 2.45) is 0 Å². The van der Waals surface area contributed by atoms with Gasteiger partial charge in [0.05, 0.1) is 17.2 Å². The minimum atomic E-state index is -0.303. The van der Waals surface area contributed by atoms with Crippen LogP contribution in [0.1, 0.15) is 15.9 Å². The number of fused-ring (bicyclic) bond motifs is 1. The monoisotopic (exact) mass is 266 g/mol. The van der Waals surface area contributed by atoms with Crippen molar-refractivity contribution in [1.29, 1.82) is 5.26 Å². The zero-order chi connectivity index (χ0) is 13.9. The molecule has 0 unspecified atom stereocenters. The largest absolute Gasteiger partial charge is 0.454 e. The van der Waals surface area contributed by atoms with Crippen LogP contribution in [-0.2, 0) is 0 Å². The molecule has 1 N–H and O–H groups in total. The average molecular weight is 266 g/mol. The van der Waals surface area contributed by atoms with Crippen LogP contribution in [0.4, 0.5) is 5.69 Å². The number of hydrogen-bond acceptors (Lipinski definition) is 4. The Labute approximate surface area is 115 Å². The number of nitrogens with one attached hydrogen (secondary N) is 1. The molecule has 0 aliphatic carbocycles. The van der Waals surface area contributed by atoms with Crippen molar-refractivity contribution in [3.63, 3.8) is 0 Å². The van der Waals surface area contributed by atoms with Crippen molar-refractivity contribution in [2.45, 2.75) is 0 Å². The molecule has 0 radical (unpaired) electrons. The van der Waals surface area contributed by atoms with E-state index in [1.807, 2.05) is 6.07 Å². The number of carbonyl (C=O) groups is 1. The van der Waals surface area contributed by atoms with Crippen molar-refractivity contribution < 1.29 is 14.3 Å². The Bertz CT molecular complexity index is 719. The third-order valence-corrected chi connectivity index (χ3v) is 2.89. The first-order valence-corrected chi connectivity index (χ1v) is 5.98. The van der Waals surface area contributed by atoms with Crippen LogP contribution >= 0.6 is 0 Å². The molecule has 1 heterocycles. The lowest BCUT2D eigenvalue weighted by Crippen LogP contribution is -2.12. The van der Waals surface area contributed by atoms with E-state index in [0.717, 1.165) is 0 Å². The van der Waals surface area contributed by atoms with Crippen molar-refractivity contribution in [3.05, 3.63) is 53.6 Å². The smallest absolute Gasteiger partial charge is 0.259 e. The minimum Gasteiger partial charge on any atom is -0.454 e. The number of nitriles is 1. The average Bonchev–Trinajstić information content (AvgIpc) is 2.95. The zero-order valence-corrected chi connectivity index (χ0v) is 10.4. The molecule has 1 aliphatic rings. The van der Waals surface area contributed by atoms with Crippen LogP contribution in [0.2, 0.25) is 0 Å². The Kier molecular flexibility index (Phi) is 2.98. The maximum atomic E-state index is 12.2. The Morgan fingerprint density at radius 1 is 1.20 bits per heavy atom. The summed E-state index contributed by atoms with van der Waals surface area (Å²) in [7, 11) is 0. The van der Waals surface area contributed by atoms with Gasteiger partial charge >= 0.3 is 0 Å². The summed E-state index contributed by atoms with van der Waals surface area (Å²) in [6, 6.07) is 13.9. The van der Waals surface area contributed by atoms with Crippen LogP contribution in [0.15, 0.2) is 42.5 Å². The third kappa shape index (κ3) is 2.15. The molecule has 0 bridgehead atoms. The predicted molar refractivity (Wildman–Crippen MR) is 71.7 cm³/mol. The molecule has 0 saturated heterocycles. The van der Waals surface area contributed by atoms with Gasteiger partial charge in [-0.15, -0.1) is 0 Å². The number of nitrogens with zero attached hydrogens (tertiary/aromatic N) is 1. The number of para-hydroxylation sites is 1. The number of benzene rings is 2. The highest BCUT2D eigenvalue weighted by atomic mass is 16.7. The van der Waals surface area contributed by atoms with E-state index in [-0.39, 0.29) is 12.7 Å². The van der Waals surface area contributed by atoms with E-state index in [1.54, 1.807) is 42.5 Å². The Hall–Kier alpha value is -3.00. The second-order valence-electron chi connectivity index (χ2n) is 4.19. The maximum Gasteiger partial charge on any atom is 0.259 e. The van der Waals surface area contributed by atoms with Gasteiger partial charge in [0, 0.05) is 5.69 Å². The van der Waals surface area contributed by atoms with E-state index in [1.165, 1.54) is 0 Å². The summed E-state index contributed by atoms with van der Waals surface area (Å²) in [4.78, 5) is 12.2. The van der Waals surface area contributed by atoms with E-state index in [0.29, 0.717) is 28.3 Å². The standard InChI is InChI=1S/C15H10N2O3/c16-8-10-3-1-4-11(7-10)17-15(18)12-5-2-6-13-14(12)20-9-19-13/h1-7H,9H2,(H,17,18). The first kappa shape index (κ1) is 12.1. The van der Waals surface area contributed by atoms with Gasteiger partial charge in [-0.25, -0.2) is 0 Å². The molecular formula is C15H10N2O3. The molecule has 0 aromatic heterocycles. The fourth-order valence-electron chi connectivity index (χ4n) is 1.97. The van der Waals surface area contributed by atoms with E-state index in [2.05, 4.69) is 5.32 Å². The van der Waals surface area contributed by atoms with Gasteiger partial charge in [-0.05, 0) is 30.3 Å². The molecule has 3 rings (SSSR count). The molecule has 5 heteroatoms. The SMILES string of the molecule is N#Cc1cccc(NC(=O)c2cccc3c2OCO3)c1. The second-order valence-corrected chi connectivity index (χ2v) is 4.19. The lowest BCUT2D eigenvalue weighted by atomic mass is 10.1. The molecule has 0 fully saturated rings. The zero-order valence-electron chi connectivity index (χ0n) is 10.4. The number of ether oxygens (including phenoxy) is 2. The number of anilines is 1. The normalized spacial score (nSPS) is 11.8. The fraction of sp³-hybridized carbons (Fsp3) is 0.0667. The summed E-state index contributed by atoms with van der Waals surface area (Å²) in [5, 5.41) is 11.6. The van der Waals surface area contributed by atoms with Crippen LogP contribution in [-0.4, -0.2) is 12.7 Å². The highest BCUT2D eigenvalue weighted by Crippen LogP contribution is 2.35. The van der Waals surface area contributed by atoms with Gasteiger partial charge < -0.3 is 14.8 Å². The number of hydrogen-bond donors (Lipinski definition) is 1. The molecule has 1 amide bonds. The summed E-state index contributed by atoms with van der Waals surface area (Å²) < 4.78 is 10.5. The van der Waals surface area contributed by atoms with Crippen LogP contribution in [0.5, 0.6) is 11.5 Å². The topological polar surface area (TPSA) is 71.4 Å². The Morgan fingerprint density at radius 2 is 2.05 bits per heavy atom. The maximum absolute atomic E-state index is 12.2. The predicted octanol–water partition coefficient (Wildman–Crippen LogP) is 2.54. The van der Waals surface area contributed by atoms with Gasteiger partial charge in [-0.2, -0.15) is 5.26 Å². The summed E-state index contributed by atoms with van der Waals surface area (Å²) in [5.41, 5.74) is 1.45. The van der Waals surface area contributed by atoms with Gasteiger partial charge in [0.25, 0.3) is 5.91 Å². The molecule has 0 saturated carbocycles. The third-order valence-electron chi connectivity index (χ3n) is 2.89. The molecular weight excluding hydrogens is 256 g/mol. The summed E-state index contributed by atoms with van der Waals surface area (Å²) in [5.74, 6) is 0.701. The van der Waals surface area contributed by atoms with Gasteiger partial charge in [0.2, 0.25) is 6.79 Å². The quantitative estimate of drug-likeness (QED) is 0.906. The van der Waals surface area contributed by atoms with Crippen molar-refractivity contribution >= 4 is 11.6 Å². The second kappa shape index (κ2) is 4.94.